The molecule has 182 valence electrons. The van der Waals surface area contributed by atoms with Crippen LogP contribution in [0.5, 0.6) is 0 Å². The summed E-state index contributed by atoms with van der Waals surface area (Å²) >= 11 is 6.64. The highest BCUT2D eigenvalue weighted by molar-refractivity contribution is 8.00. The number of carbonyl (C=O) groups is 5. The van der Waals surface area contributed by atoms with E-state index >= 15 is 0 Å². The average Bonchev–Trinajstić information content (AvgIpc) is 2.75. The van der Waals surface area contributed by atoms with E-state index in [-0.39, 0.29) is 12.3 Å². The Bertz CT molecular complexity index is 913. The number of ketones is 1. The first-order chi connectivity index (χ1) is 15.4. The number of fused-ring (bicyclic) bond motifs is 1. The van der Waals surface area contributed by atoms with Crippen molar-refractivity contribution in [2.45, 2.75) is 38.6 Å². The molecule has 2 rings (SSSR count). The maximum atomic E-state index is 12.7. The Morgan fingerprint density at radius 1 is 1.27 bits per heavy atom. The second-order valence-electron chi connectivity index (χ2n) is 8.06. The monoisotopic (exact) mass is 505 g/mol. The van der Waals surface area contributed by atoms with Crippen molar-refractivity contribution in [3.05, 3.63) is 11.3 Å². The van der Waals surface area contributed by atoms with Gasteiger partial charge in [0.05, 0.1) is 18.4 Å². The number of nitrogens with zero attached hydrogens (tertiary/aromatic N) is 2. The van der Waals surface area contributed by atoms with Crippen LogP contribution < -0.4 is 5.32 Å². The van der Waals surface area contributed by atoms with E-state index in [1.54, 1.807) is 20.8 Å². The van der Waals surface area contributed by atoms with Crippen LogP contribution in [0.4, 0.5) is 0 Å². The van der Waals surface area contributed by atoms with Gasteiger partial charge in [-0.2, -0.15) is 0 Å². The molecule has 2 N–H and O–H groups in total. The van der Waals surface area contributed by atoms with E-state index in [9.17, 15) is 24.0 Å². The molecule has 0 spiro atoms. The van der Waals surface area contributed by atoms with E-state index in [4.69, 9.17) is 31.0 Å². The SMILES string of the molecule is COCC1=C(C(=O)OCOC(=O)C(C)(C)C)N2C(=O)C(NC(=O)CC(=O)/C(Cl)=N/O)[C@H]2SC1. The number of rotatable bonds is 9. The smallest absolute Gasteiger partial charge is 0.358 e. The number of amides is 2. The predicted octanol–water partition coefficient (Wildman–Crippen LogP) is 0.363. The average molecular weight is 506 g/mol. The van der Waals surface area contributed by atoms with Gasteiger partial charge in [0, 0.05) is 12.9 Å². The zero-order valence-corrected chi connectivity index (χ0v) is 19.9. The van der Waals surface area contributed by atoms with Gasteiger partial charge in [-0.05, 0) is 26.3 Å². The van der Waals surface area contributed by atoms with Crippen molar-refractivity contribution in [1.29, 1.82) is 0 Å². The van der Waals surface area contributed by atoms with Gasteiger partial charge >= 0.3 is 11.9 Å². The Balaban J connectivity index is 2.08. The molecule has 2 aliphatic rings. The normalized spacial score (nSPS) is 20.6. The third kappa shape index (κ3) is 6.24. The minimum absolute atomic E-state index is 0.0468. The largest absolute Gasteiger partial charge is 0.427 e. The predicted molar refractivity (Wildman–Crippen MR) is 115 cm³/mol. The standard InChI is InChI=1S/C19H24ClN3O9S/c1-19(2,3)18(28)32-8-31-17(27)13-9(6-30-4)7-33-16-12(15(26)23(13)16)21-11(25)5-10(24)14(20)22-29/h12,16,29H,5-8H2,1-4H3,(H,21,25)/b22-14-/t12?,16-/m1/s1. The van der Waals surface area contributed by atoms with Crippen LogP contribution >= 0.6 is 23.4 Å². The number of esters is 2. The molecule has 1 unspecified atom stereocenters. The Hall–Kier alpha value is -2.64. The van der Waals surface area contributed by atoms with Crippen molar-refractivity contribution < 1.29 is 43.4 Å². The van der Waals surface area contributed by atoms with Gasteiger partial charge in [0.15, 0.2) is 0 Å². The second kappa shape index (κ2) is 11.0. The number of thioether (sulfide) groups is 1. The molecule has 14 heteroatoms. The molecule has 2 atom stereocenters. The lowest BCUT2D eigenvalue weighted by Crippen LogP contribution is -2.70. The minimum atomic E-state index is -0.995. The first kappa shape index (κ1) is 26.6. The maximum absolute atomic E-state index is 12.7. The number of hydrogen-bond donors (Lipinski definition) is 2. The molecule has 1 fully saturated rings. The van der Waals surface area contributed by atoms with Crippen LogP contribution in [0, 0.1) is 5.41 Å². The van der Waals surface area contributed by atoms with Crippen molar-refractivity contribution in [2.75, 3.05) is 26.3 Å². The Labute approximate surface area is 198 Å². The molecule has 2 heterocycles. The highest BCUT2D eigenvalue weighted by Crippen LogP contribution is 2.40. The summed E-state index contributed by atoms with van der Waals surface area (Å²) in [6.07, 6.45) is -0.719. The molecular formula is C19H24ClN3O9S. The molecule has 2 aliphatic heterocycles. The molecule has 0 saturated carbocycles. The minimum Gasteiger partial charge on any atom is -0.427 e. The Kier molecular flexibility index (Phi) is 8.86. The van der Waals surface area contributed by atoms with E-state index in [0.717, 1.165) is 0 Å². The Morgan fingerprint density at radius 2 is 1.94 bits per heavy atom. The maximum Gasteiger partial charge on any atom is 0.358 e. The zero-order chi connectivity index (χ0) is 24.9. The van der Waals surface area contributed by atoms with Crippen LogP contribution in [0.15, 0.2) is 16.4 Å². The van der Waals surface area contributed by atoms with Crippen LogP contribution in [0.3, 0.4) is 0 Å². The fraction of sp³-hybridized carbons (Fsp3) is 0.579. The number of halogens is 1. The number of nitrogens with one attached hydrogen (secondary N) is 1. The number of β-lactam (4-membered cyclic amide) rings is 1. The molecule has 0 aromatic heterocycles. The van der Waals surface area contributed by atoms with Gasteiger partial charge < -0.3 is 24.7 Å². The fourth-order valence-corrected chi connectivity index (χ4v) is 4.27. The lowest BCUT2D eigenvalue weighted by molar-refractivity contribution is -0.173. The fourth-order valence-electron chi connectivity index (χ4n) is 2.88. The molecule has 0 aromatic carbocycles. The summed E-state index contributed by atoms with van der Waals surface area (Å²) in [6.45, 7) is 4.36. The van der Waals surface area contributed by atoms with E-state index in [1.165, 1.54) is 23.8 Å². The summed E-state index contributed by atoms with van der Waals surface area (Å²) in [4.78, 5) is 62.2. The zero-order valence-electron chi connectivity index (χ0n) is 18.4. The molecule has 2 amide bonds. The van der Waals surface area contributed by atoms with Crippen LogP contribution in [0.25, 0.3) is 0 Å². The van der Waals surface area contributed by atoms with Gasteiger partial charge in [-0.3, -0.25) is 24.1 Å². The number of methoxy groups -OCH3 is 1. The van der Waals surface area contributed by atoms with Gasteiger partial charge in [-0.15, -0.1) is 11.8 Å². The molecule has 33 heavy (non-hydrogen) atoms. The van der Waals surface area contributed by atoms with Gasteiger partial charge in [0.25, 0.3) is 5.91 Å². The van der Waals surface area contributed by atoms with Crippen molar-refractivity contribution in [3.8, 4) is 0 Å². The molecule has 12 nitrogen and oxygen atoms in total. The van der Waals surface area contributed by atoms with Gasteiger partial charge in [-0.1, -0.05) is 16.8 Å². The van der Waals surface area contributed by atoms with Crippen molar-refractivity contribution in [2.24, 2.45) is 10.6 Å². The number of hydrogen-bond acceptors (Lipinski definition) is 11. The molecule has 0 aliphatic carbocycles. The number of carbonyl (C=O) groups excluding carboxylic acids is 5. The van der Waals surface area contributed by atoms with Crippen LogP contribution in [0.1, 0.15) is 27.2 Å². The summed E-state index contributed by atoms with van der Waals surface area (Å²) in [5.41, 5.74) is -0.341. The summed E-state index contributed by atoms with van der Waals surface area (Å²) in [7, 11) is 1.43. The van der Waals surface area contributed by atoms with Crippen LogP contribution in [0.2, 0.25) is 0 Å². The molecule has 0 bridgehead atoms. The molecule has 0 radical (unpaired) electrons. The second-order valence-corrected chi connectivity index (χ2v) is 9.53. The van der Waals surface area contributed by atoms with Crippen molar-refractivity contribution in [1.82, 2.24) is 10.2 Å². The van der Waals surface area contributed by atoms with Crippen molar-refractivity contribution in [3.63, 3.8) is 0 Å². The lowest BCUT2D eigenvalue weighted by atomic mass is 9.98. The summed E-state index contributed by atoms with van der Waals surface area (Å²) < 4.78 is 15.1. The highest BCUT2D eigenvalue weighted by atomic mass is 35.5. The first-order valence-electron chi connectivity index (χ1n) is 9.62. The third-order valence-electron chi connectivity index (χ3n) is 4.51. The summed E-state index contributed by atoms with van der Waals surface area (Å²) in [5, 5.41) is 12.0. The number of oxime groups is 1. The van der Waals surface area contributed by atoms with E-state index in [0.29, 0.717) is 11.3 Å². The van der Waals surface area contributed by atoms with Crippen LogP contribution in [-0.2, 0) is 38.2 Å². The van der Waals surface area contributed by atoms with Gasteiger partial charge in [0.2, 0.25) is 23.7 Å². The van der Waals surface area contributed by atoms with E-state index in [2.05, 4.69) is 10.5 Å². The Morgan fingerprint density at radius 3 is 2.52 bits per heavy atom. The van der Waals surface area contributed by atoms with Gasteiger partial charge in [-0.25, -0.2) is 4.79 Å². The summed E-state index contributed by atoms with van der Waals surface area (Å²) in [5.74, 6) is -3.46. The summed E-state index contributed by atoms with van der Waals surface area (Å²) in [6, 6.07) is -0.995. The van der Waals surface area contributed by atoms with Crippen LogP contribution in [-0.4, -0.2) is 82.5 Å². The number of Topliss-reactive ketones (excluding diaryl/α,β-unsaturated/α-hetero) is 1. The van der Waals surface area contributed by atoms with E-state index in [1.807, 2.05) is 0 Å². The van der Waals surface area contributed by atoms with E-state index < -0.39 is 64.8 Å². The lowest BCUT2D eigenvalue weighted by Gasteiger charge is -2.49. The molecule has 1 saturated heterocycles. The quantitative estimate of drug-likeness (QED) is 0.0851. The molecular weight excluding hydrogens is 482 g/mol. The highest BCUT2D eigenvalue weighted by Gasteiger charge is 2.54. The first-order valence-corrected chi connectivity index (χ1v) is 11.0. The third-order valence-corrected chi connectivity index (χ3v) is 6.13. The number of ether oxygens (including phenoxy) is 3. The molecule has 0 aromatic rings. The van der Waals surface area contributed by atoms with Gasteiger partial charge in [0.1, 0.15) is 17.1 Å². The topological polar surface area (TPSA) is 161 Å². The van der Waals surface area contributed by atoms with Crippen molar-refractivity contribution >= 4 is 58.1 Å².